The highest BCUT2D eigenvalue weighted by Gasteiger charge is 2.47. The van der Waals surface area contributed by atoms with Crippen molar-refractivity contribution in [2.45, 2.75) is 184 Å². The van der Waals surface area contributed by atoms with Crippen LogP contribution in [-0.4, -0.2) is 66.5 Å². The van der Waals surface area contributed by atoms with Gasteiger partial charge in [0.1, 0.15) is 38.2 Å². The quantitative estimate of drug-likeness (QED) is 0.0236. The SMILES string of the molecule is C/C=S(\c1c(C)cc(C)cc1C)N(Cc1cc(CC(C)(C(=O)O)c2cccc(-c3ccc(CN(Cc4cc(CC(C)(C(=O)O)c5cccc(-c6ccc(CN(Cc7oc(C(F)(F)F)cc7C)S(=O)c7c(C)ccc8ccccc78)cc6)c5)c(C(F)(F)F)o4)S(=N)(=O)c4cccc5ccccc45)cc3)c2)c(C(F)(F)F)o1)CC1CC=C(c2cccc(C(C)(C)C(=O)O)c2)CC1. The van der Waals surface area contributed by atoms with Crippen LogP contribution >= 0.6 is 10.7 Å². The van der Waals surface area contributed by atoms with E-state index in [4.69, 9.17) is 13.3 Å². The van der Waals surface area contributed by atoms with Gasteiger partial charge in [-0.25, -0.2) is 26.1 Å². The normalized spacial score (nSPS) is 15.6. The predicted octanol–water partition coefficient (Wildman–Crippen LogP) is 25.7. The summed E-state index contributed by atoms with van der Waals surface area (Å²) in [6, 6.07) is 63.6. The third kappa shape index (κ3) is 20.0. The maximum absolute atomic E-state index is 15.6. The molecule has 0 saturated heterocycles. The van der Waals surface area contributed by atoms with Gasteiger partial charge in [-0.15, -0.1) is 0 Å². The number of alkyl halides is 9. The van der Waals surface area contributed by atoms with Crippen molar-refractivity contribution in [3.05, 3.63) is 343 Å². The van der Waals surface area contributed by atoms with E-state index in [1.807, 2.05) is 81.6 Å². The summed E-state index contributed by atoms with van der Waals surface area (Å²) in [5, 5.41) is 37.0. The van der Waals surface area contributed by atoms with Gasteiger partial charge in [0.2, 0.25) is 17.3 Å². The Labute approximate surface area is 747 Å². The molecule has 0 aliphatic heterocycles. The first-order valence-electron chi connectivity index (χ1n) is 41.9. The number of nitrogens with zero attached hydrogens (tertiary/aromatic N) is 3. The molecule has 27 heteroatoms. The summed E-state index contributed by atoms with van der Waals surface area (Å²) >= 11 is 0. The van der Waals surface area contributed by atoms with Crippen molar-refractivity contribution in [3.63, 3.8) is 0 Å². The first kappa shape index (κ1) is 93.4. The molecule has 10 aromatic carbocycles. The number of furan rings is 3. The zero-order chi connectivity index (χ0) is 92.8. The van der Waals surface area contributed by atoms with Crippen LogP contribution in [-0.2, 0) is 116 Å². The van der Waals surface area contributed by atoms with Gasteiger partial charge in [-0.05, 0) is 237 Å². The lowest BCUT2D eigenvalue weighted by Gasteiger charge is -2.33. The Bertz CT molecular complexity index is 6640. The lowest BCUT2D eigenvalue weighted by atomic mass is 9.76. The van der Waals surface area contributed by atoms with Gasteiger partial charge in [0.25, 0.3) is 0 Å². The smallest absolute Gasteiger partial charge is 0.449 e. The Morgan fingerprint density at radius 3 is 1.50 bits per heavy atom. The summed E-state index contributed by atoms with van der Waals surface area (Å²) in [4.78, 5) is 41.4. The maximum atomic E-state index is 15.6. The van der Waals surface area contributed by atoms with Crippen LogP contribution < -0.4 is 0 Å². The van der Waals surface area contributed by atoms with E-state index in [1.54, 1.807) is 148 Å². The molecule has 15 nitrogen and oxygen atoms in total. The third-order valence-corrected chi connectivity index (χ3v) is 30.4. The number of rotatable bonds is 31. The van der Waals surface area contributed by atoms with Gasteiger partial charge in [-0.3, -0.25) is 14.4 Å². The Balaban J connectivity index is 0.724. The number of carboxylic acids is 3. The monoisotopic (exact) mass is 1820 g/mol. The number of fused-ring (bicyclic) bond motifs is 2. The molecule has 129 heavy (non-hydrogen) atoms. The largest absolute Gasteiger partial charge is 0.481 e. The van der Waals surface area contributed by atoms with Crippen molar-refractivity contribution in [1.29, 1.82) is 4.78 Å². The van der Waals surface area contributed by atoms with E-state index in [2.05, 4.69) is 22.5 Å². The molecular formula is C102H97F9N4O11S3. The molecule has 13 aromatic rings. The Kier molecular flexibility index (Phi) is 26.8. The molecule has 6 atom stereocenters. The van der Waals surface area contributed by atoms with Crippen LogP contribution in [0.25, 0.3) is 49.4 Å². The number of hydrogen-bond acceptors (Lipinski definition) is 10. The molecule has 0 fully saturated rings. The van der Waals surface area contributed by atoms with E-state index in [-0.39, 0.29) is 70.8 Å². The van der Waals surface area contributed by atoms with Crippen LogP contribution in [0.2, 0.25) is 0 Å². The topological polar surface area (TPSA) is 219 Å². The molecule has 0 spiro atoms. The van der Waals surface area contributed by atoms with Crippen LogP contribution in [0.3, 0.4) is 0 Å². The van der Waals surface area contributed by atoms with E-state index in [0.717, 1.165) is 61.0 Å². The molecule has 0 saturated carbocycles. The number of benzene rings is 10. The molecular weight excluding hydrogens is 1720 g/mol. The van der Waals surface area contributed by atoms with Gasteiger partial charge in [0.15, 0.2) is 0 Å². The van der Waals surface area contributed by atoms with Gasteiger partial charge >= 0.3 is 36.4 Å². The molecule has 1 aliphatic rings. The second-order valence-electron chi connectivity index (χ2n) is 34.3. The lowest BCUT2D eigenvalue weighted by molar-refractivity contribution is -0.155. The van der Waals surface area contributed by atoms with Crippen LogP contribution in [0, 0.1) is 45.3 Å². The molecule has 3 heterocycles. The van der Waals surface area contributed by atoms with Crippen molar-refractivity contribution < 1.29 is 90.9 Å². The number of allylic oxidation sites excluding steroid dienone is 2. The Hall–Kier alpha value is -11.7. The molecule has 0 radical (unpaired) electrons. The average Bonchev–Trinajstić information content (AvgIpc) is 1.62. The molecule has 14 rings (SSSR count). The minimum absolute atomic E-state index is 0.0172. The summed E-state index contributed by atoms with van der Waals surface area (Å²) in [6.45, 7) is 16.2. The second-order valence-corrected chi connectivity index (χ2v) is 39.7. The van der Waals surface area contributed by atoms with Crippen LogP contribution in [0.4, 0.5) is 39.5 Å². The third-order valence-electron chi connectivity index (χ3n) is 24.5. The number of hydrogen-bond donors (Lipinski definition) is 4. The molecule has 4 N–H and O–H groups in total. The number of aliphatic carboxylic acids is 3. The fraction of sp³-hybridized carbons (Fsp3) is 0.275. The van der Waals surface area contributed by atoms with Gasteiger partial charge in [0.05, 0.1) is 45.7 Å². The number of nitrogens with one attached hydrogen (secondary N) is 1. The first-order chi connectivity index (χ1) is 60.9. The van der Waals surface area contributed by atoms with Crippen molar-refractivity contribution in [2.24, 2.45) is 5.92 Å². The molecule has 1 aliphatic carbocycles. The van der Waals surface area contributed by atoms with Crippen LogP contribution in [0.1, 0.15) is 161 Å². The highest BCUT2D eigenvalue weighted by Crippen LogP contribution is 2.47. The van der Waals surface area contributed by atoms with Gasteiger partial charge in [0, 0.05) is 41.0 Å². The second kappa shape index (κ2) is 37.0. The number of halogens is 9. The summed E-state index contributed by atoms with van der Waals surface area (Å²) in [5.41, 5.74) is 3.62. The molecule has 0 bridgehead atoms. The number of aryl methyl sites for hydroxylation is 5. The standard InChI is InChI=1S/C102H97F9N4O11S3/c1-11-127(90-65(5)46-62(2)47-66(90)6)113(56-67-33-40-70(41-34-67)75-23-16-26-80(49-75)97(7,8)94(116)117)59-83-52-78(92(124-83)101(106,107)108)54-98(9,95(118)119)81-27-18-25-77(51-81)72-44-37-69(38-45-72)58-115(129(112,123)88-31-19-22-73-20-12-14-29-85(73)88)60-84-53-79(93(125-84)102(109,110)111)55-99(10,96(120)121)82-28-17-24-76(50-82)71-42-35-68(36-43-71)57-114(61-87-64(4)48-89(126-87)100(103,104)105)128(122)91-63(3)32-39-74-21-13-15-30-86(74)91/h11-32,35-40,42-53,67,112H,33-34,41,54-61H2,1-10H3,(H,116,117)(H,118,119)(H,120,121). The van der Waals surface area contributed by atoms with Crippen molar-refractivity contribution >= 4 is 82.0 Å². The zero-order valence-corrected chi connectivity index (χ0v) is 75.0. The summed E-state index contributed by atoms with van der Waals surface area (Å²) in [5.74, 6) is -8.35. The fourth-order valence-electron chi connectivity index (χ4n) is 17.3. The molecule has 6 unspecified atom stereocenters. The van der Waals surface area contributed by atoms with Crippen molar-refractivity contribution in [1.82, 2.24) is 12.9 Å². The lowest BCUT2D eigenvalue weighted by Crippen LogP contribution is -2.35. The van der Waals surface area contributed by atoms with E-state index in [9.17, 15) is 51.9 Å². The van der Waals surface area contributed by atoms with Gasteiger partial charge in [-0.2, -0.15) is 39.5 Å². The van der Waals surface area contributed by atoms with E-state index in [0.29, 0.717) is 84.9 Å². The maximum Gasteiger partial charge on any atom is 0.449 e. The minimum atomic E-state index is -5.22. The summed E-state index contributed by atoms with van der Waals surface area (Å²) in [7, 11) is -6.97. The molecule has 0 amide bonds. The fourth-order valence-corrected chi connectivity index (χ4v) is 22.6. The van der Waals surface area contributed by atoms with Crippen molar-refractivity contribution in [2.75, 3.05) is 6.54 Å². The van der Waals surface area contributed by atoms with E-state index in [1.165, 1.54) is 55.4 Å². The van der Waals surface area contributed by atoms with Crippen LogP contribution in [0.5, 0.6) is 0 Å². The molecule has 672 valence electrons. The van der Waals surface area contributed by atoms with Crippen LogP contribution in [0.15, 0.2) is 265 Å². The van der Waals surface area contributed by atoms with Gasteiger partial charge < -0.3 is 28.6 Å². The number of carbonyl (C=O) groups is 3. The van der Waals surface area contributed by atoms with Crippen molar-refractivity contribution in [3.8, 4) is 22.3 Å². The summed E-state index contributed by atoms with van der Waals surface area (Å²) in [6.07, 6.45) is -12.3. The first-order valence-corrected chi connectivity index (χ1v) is 45.7. The average molecular weight is 1820 g/mol. The van der Waals surface area contributed by atoms with E-state index < -0.39 is 132 Å². The zero-order valence-electron chi connectivity index (χ0n) is 72.5. The Morgan fingerprint density at radius 1 is 0.488 bits per heavy atom. The minimum Gasteiger partial charge on any atom is -0.481 e. The van der Waals surface area contributed by atoms with Gasteiger partial charge in [-0.1, -0.05) is 229 Å². The highest BCUT2D eigenvalue weighted by atomic mass is 32.2. The highest BCUT2D eigenvalue weighted by molar-refractivity contribution is 8.13. The Morgan fingerprint density at radius 2 is 0.984 bits per heavy atom. The molecule has 3 aromatic heterocycles. The number of carboxylic acid groups (broad SMARTS) is 3. The van der Waals surface area contributed by atoms with E-state index >= 15 is 30.6 Å². The summed E-state index contributed by atoms with van der Waals surface area (Å²) < 4.78 is 198. The predicted molar refractivity (Wildman–Crippen MR) is 485 cm³/mol.